The molecule has 9 nitrogen and oxygen atoms in total. The van der Waals surface area contributed by atoms with Crippen molar-refractivity contribution in [2.45, 2.75) is 24.6 Å². The van der Waals surface area contributed by atoms with E-state index in [2.05, 4.69) is 9.97 Å². The Kier molecular flexibility index (Phi) is 7.89. The van der Waals surface area contributed by atoms with Crippen LogP contribution in [0.4, 0.5) is 23.5 Å². The largest absolute Gasteiger partial charge is 0.490 e. The second kappa shape index (κ2) is 9.98. The van der Waals surface area contributed by atoms with Gasteiger partial charge in [0, 0.05) is 26.7 Å². The lowest BCUT2D eigenvalue weighted by Gasteiger charge is -2.47. The third-order valence-corrected chi connectivity index (χ3v) is 4.68. The number of carbonyl (C=O) groups is 2. The zero-order chi connectivity index (χ0) is 22.4. The summed E-state index contributed by atoms with van der Waals surface area (Å²) in [6, 6.07) is 0. The molecule has 1 N–H and O–H groups in total. The molecular formula is C17H22F4N4O5. The molecule has 13 heteroatoms. The normalized spacial score (nSPS) is 18.6. The average molecular weight is 438 g/mol. The number of alkyl halides is 3. The Hall–Kier alpha value is -2.54. The van der Waals surface area contributed by atoms with Gasteiger partial charge >= 0.3 is 12.1 Å². The van der Waals surface area contributed by atoms with Crippen LogP contribution in [0.2, 0.25) is 0 Å². The highest BCUT2D eigenvalue weighted by Gasteiger charge is 2.41. The topological polar surface area (TPSA) is 105 Å². The summed E-state index contributed by atoms with van der Waals surface area (Å²) in [6.45, 7) is 3.33. The second-order valence-corrected chi connectivity index (χ2v) is 6.77. The number of likely N-dealkylation sites (tertiary alicyclic amines) is 1. The molecule has 0 unspecified atom stereocenters. The summed E-state index contributed by atoms with van der Waals surface area (Å²) in [5.41, 5.74) is -0.292. The summed E-state index contributed by atoms with van der Waals surface area (Å²) in [6.07, 6.45) is -1.20. The first-order valence-corrected chi connectivity index (χ1v) is 8.99. The van der Waals surface area contributed by atoms with Crippen molar-refractivity contribution in [1.29, 1.82) is 0 Å². The molecule has 1 spiro atoms. The standard InChI is InChI=1S/C15H21FN4O3.C2HF3O2/c1-22-10-13(21)19-4-2-15(3-5-19)11-20(6-7-23-15)14-17-8-12(16)9-18-14;3-2(4,5)1(6)7/h8-9H,2-7,10-11H2,1H3;(H,6,7). The first kappa shape index (κ1) is 23.7. The van der Waals surface area contributed by atoms with Gasteiger partial charge in [0.15, 0.2) is 5.82 Å². The third kappa shape index (κ3) is 6.49. The van der Waals surface area contributed by atoms with Crippen LogP contribution in [0.25, 0.3) is 0 Å². The van der Waals surface area contributed by atoms with Gasteiger partial charge in [0.25, 0.3) is 0 Å². The molecule has 1 aromatic rings. The van der Waals surface area contributed by atoms with Gasteiger partial charge in [0.1, 0.15) is 6.61 Å². The summed E-state index contributed by atoms with van der Waals surface area (Å²) >= 11 is 0. The van der Waals surface area contributed by atoms with Gasteiger partial charge in [0.05, 0.1) is 31.1 Å². The van der Waals surface area contributed by atoms with E-state index in [9.17, 15) is 22.4 Å². The zero-order valence-electron chi connectivity index (χ0n) is 16.2. The van der Waals surface area contributed by atoms with Crippen molar-refractivity contribution in [3.05, 3.63) is 18.2 Å². The molecule has 3 heterocycles. The lowest BCUT2D eigenvalue weighted by atomic mass is 9.89. The van der Waals surface area contributed by atoms with Gasteiger partial charge in [0.2, 0.25) is 11.9 Å². The maximum Gasteiger partial charge on any atom is 0.490 e. The Morgan fingerprint density at radius 3 is 2.30 bits per heavy atom. The highest BCUT2D eigenvalue weighted by molar-refractivity contribution is 5.77. The number of anilines is 1. The van der Waals surface area contributed by atoms with Crippen LogP contribution in [-0.4, -0.2) is 90.1 Å². The molecule has 1 amide bonds. The van der Waals surface area contributed by atoms with Crippen LogP contribution in [0.15, 0.2) is 12.4 Å². The number of carbonyl (C=O) groups excluding carboxylic acids is 1. The van der Waals surface area contributed by atoms with Crippen molar-refractivity contribution in [2.24, 2.45) is 0 Å². The number of hydrogen-bond acceptors (Lipinski definition) is 7. The summed E-state index contributed by atoms with van der Waals surface area (Å²) in [5.74, 6) is -2.67. The van der Waals surface area contributed by atoms with Crippen LogP contribution >= 0.6 is 0 Å². The van der Waals surface area contributed by atoms with E-state index in [0.717, 1.165) is 12.8 Å². The van der Waals surface area contributed by atoms with Gasteiger partial charge < -0.3 is 24.4 Å². The molecule has 30 heavy (non-hydrogen) atoms. The molecule has 2 aliphatic rings. The van der Waals surface area contributed by atoms with Crippen molar-refractivity contribution in [3.8, 4) is 0 Å². The van der Waals surface area contributed by atoms with Crippen LogP contribution < -0.4 is 4.90 Å². The predicted octanol–water partition coefficient (Wildman–Crippen LogP) is 1.09. The minimum Gasteiger partial charge on any atom is -0.475 e. The van der Waals surface area contributed by atoms with Crippen LogP contribution in [0.1, 0.15) is 12.8 Å². The quantitative estimate of drug-likeness (QED) is 0.700. The van der Waals surface area contributed by atoms with Crippen LogP contribution in [0.5, 0.6) is 0 Å². The lowest BCUT2D eigenvalue weighted by molar-refractivity contribution is -0.192. The number of carboxylic acid groups (broad SMARTS) is 1. The average Bonchev–Trinajstić information content (AvgIpc) is 2.69. The Bertz CT molecular complexity index is 724. The van der Waals surface area contributed by atoms with Gasteiger partial charge in [-0.2, -0.15) is 13.2 Å². The van der Waals surface area contributed by atoms with E-state index < -0.39 is 18.0 Å². The number of hydrogen-bond donors (Lipinski definition) is 1. The molecule has 2 fully saturated rings. The molecular weight excluding hydrogens is 416 g/mol. The number of halogens is 4. The third-order valence-electron chi connectivity index (χ3n) is 4.68. The SMILES string of the molecule is COCC(=O)N1CCC2(CC1)CN(c1ncc(F)cn1)CCO2.O=C(O)C(F)(F)F. The highest BCUT2D eigenvalue weighted by atomic mass is 19.4. The first-order chi connectivity index (χ1) is 14.1. The van der Waals surface area contributed by atoms with E-state index in [1.54, 1.807) is 0 Å². The Balaban J connectivity index is 0.000000396. The van der Waals surface area contributed by atoms with Gasteiger partial charge in [-0.25, -0.2) is 19.2 Å². The van der Waals surface area contributed by atoms with E-state index in [1.807, 2.05) is 9.80 Å². The van der Waals surface area contributed by atoms with Crippen molar-refractivity contribution < 1.29 is 41.7 Å². The summed E-state index contributed by atoms with van der Waals surface area (Å²) < 4.78 is 55.6. The molecule has 0 atom stereocenters. The van der Waals surface area contributed by atoms with Gasteiger partial charge in [-0.3, -0.25) is 4.79 Å². The van der Waals surface area contributed by atoms with Crippen molar-refractivity contribution in [2.75, 3.05) is 51.4 Å². The number of rotatable bonds is 3. The second-order valence-electron chi connectivity index (χ2n) is 6.77. The Labute approximate surface area is 169 Å². The molecule has 2 saturated heterocycles. The summed E-state index contributed by atoms with van der Waals surface area (Å²) in [4.78, 5) is 32.7. The van der Waals surface area contributed by atoms with E-state index in [1.165, 1.54) is 19.5 Å². The highest BCUT2D eigenvalue weighted by Crippen LogP contribution is 2.31. The summed E-state index contributed by atoms with van der Waals surface area (Å²) in [7, 11) is 1.52. The predicted molar refractivity (Wildman–Crippen MR) is 94.3 cm³/mol. The lowest BCUT2D eigenvalue weighted by Crippen LogP contribution is -2.58. The van der Waals surface area contributed by atoms with E-state index >= 15 is 0 Å². The van der Waals surface area contributed by atoms with Crippen LogP contribution in [0.3, 0.4) is 0 Å². The molecule has 1 aromatic heterocycles. The Morgan fingerprint density at radius 1 is 1.23 bits per heavy atom. The number of carboxylic acids is 1. The number of nitrogens with zero attached hydrogens (tertiary/aromatic N) is 4. The van der Waals surface area contributed by atoms with E-state index in [-0.39, 0.29) is 18.1 Å². The van der Waals surface area contributed by atoms with E-state index in [4.69, 9.17) is 19.4 Å². The van der Waals surface area contributed by atoms with Crippen molar-refractivity contribution in [3.63, 3.8) is 0 Å². The number of amides is 1. The number of aromatic nitrogens is 2. The molecule has 0 aliphatic carbocycles. The minimum atomic E-state index is -5.08. The zero-order valence-corrected chi connectivity index (χ0v) is 16.2. The number of aliphatic carboxylic acids is 1. The maximum absolute atomic E-state index is 13.0. The number of ether oxygens (including phenoxy) is 2. The van der Waals surface area contributed by atoms with Gasteiger partial charge in [-0.15, -0.1) is 0 Å². The number of morpholine rings is 1. The summed E-state index contributed by atoms with van der Waals surface area (Å²) in [5, 5.41) is 7.12. The fourth-order valence-corrected chi connectivity index (χ4v) is 3.17. The molecule has 0 radical (unpaired) electrons. The fraction of sp³-hybridized carbons (Fsp3) is 0.647. The van der Waals surface area contributed by atoms with Crippen LogP contribution in [0, 0.1) is 5.82 Å². The molecule has 168 valence electrons. The first-order valence-electron chi connectivity index (χ1n) is 8.99. The fourth-order valence-electron chi connectivity index (χ4n) is 3.17. The molecule has 3 rings (SSSR count). The number of piperidine rings is 1. The minimum absolute atomic E-state index is 0.0110. The van der Waals surface area contributed by atoms with Crippen molar-refractivity contribution in [1.82, 2.24) is 14.9 Å². The van der Waals surface area contributed by atoms with Crippen LogP contribution in [-0.2, 0) is 19.1 Å². The Morgan fingerprint density at radius 2 is 1.80 bits per heavy atom. The molecule has 0 saturated carbocycles. The molecule has 0 aromatic carbocycles. The smallest absolute Gasteiger partial charge is 0.475 e. The molecule has 0 bridgehead atoms. The number of methoxy groups -OCH3 is 1. The van der Waals surface area contributed by atoms with Gasteiger partial charge in [-0.05, 0) is 12.8 Å². The van der Waals surface area contributed by atoms with Crippen molar-refractivity contribution >= 4 is 17.8 Å². The van der Waals surface area contributed by atoms with Gasteiger partial charge in [-0.1, -0.05) is 0 Å². The monoisotopic (exact) mass is 438 g/mol. The molecule has 2 aliphatic heterocycles. The maximum atomic E-state index is 13.0. The van der Waals surface area contributed by atoms with E-state index in [0.29, 0.717) is 38.7 Å².